The number of amides is 4. The number of hydrogen-bond donors (Lipinski definition) is 1. The Morgan fingerprint density at radius 3 is 1.31 bits per heavy atom. The number of carboxylic acid groups (broad SMARTS) is 1. The molecule has 0 aromatic heterocycles. The minimum atomic E-state index is -2.12. The number of carbonyl (C=O) groups excluding carboxylic acids is 8. The van der Waals surface area contributed by atoms with Crippen LogP contribution >= 0.6 is 0 Å². The van der Waals surface area contributed by atoms with Crippen molar-refractivity contribution in [2.24, 2.45) is 5.92 Å². The van der Waals surface area contributed by atoms with Crippen LogP contribution in [0.4, 0.5) is 13.6 Å². The van der Waals surface area contributed by atoms with Crippen molar-refractivity contribution in [3.05, 3.63) is 70.8 Å². The SMILES string of the molecule is CC(C)C[C@@H](C(=O)O[C@H](C)C(=O)N(C)[C@@H](CC(C)(C)F)C(=O)O[C@H](CCc1ccc(C2CCOCC2)cc1)C(=O)O)N(C)C(=O)[C@@H](CCc1ccc(C2CCOCC2)cc1)OC(=O)[C@H](CC(C)(C)F)N(C)C(=O)[C@@H](C)OC(=O)C1(N(C)C(=O)OC(C)(C)C)CC1. The zero-order valence-corrected chi connectivity index (χ0v) is 55.4. The Morgan fingerprint density at radius 2 is 0.933 bits per heavy atom. The van der Waals surface area contributed by atoms with E-state index in [1.807, 2.05) is 48.5 Å². The van der Waals surface area contributed by atoms with Crippen molar-refractivity contribution in [2.75, 3.05) is 54.6 Å². The number of likely N-dealkylation sites (N-methyl/N-ethyl adjacent to an activating group) is 4. The normalized spacial score (nSPS) is 17.8. The standard InChI is InChI=1S/C67H98F2N4O17/c1-41(2)38-50(59(79)86-42(3)55(74)71(13)52(40-66(10,11)69)61(81)89-54(58(77)78)27-21-45-18-24-47(25-19-45)49-30-36-85-37-31-49)70(12)57(76)53(26-20-44-16-22-46(23-17-44)48-28-34-84-35-29-48)88-60(80)51(39-65(8,9)68)72(14)56(75)43(4)87-62(82)67(32-33-67)73(15)63(83)90-64(5,6)7/h16-19,22-25,41-43,48-54H,20-21,26-40H2,1-15H3,(H,77,78)/t42-,43-,50+,51+,52+,53-,54-/m1/s1. The summed E-state index contributed by atoms with van der Waals surface area (Å²) < 4.78 is 70.8. The van der Waals surface area contributed by atoms with Gasteiger partial charge in [0.2, 0.25) is 0 Å². The van der Waals surface area contributed by atoms with Crippen LogP contribution in [0.3, 0.4) is 0 Å². The van der Waals surface area contributed by atoms with Crippen LogP contribution in [0.25, 0.3) is 0 Å². The fourth-order valence-electron chi connectivity index (χ4n) is 11.2. The Morgan fingerprint density at radius 1 is 0.556 bits per heavy atom. The van der Waals surface area contributed by atoms with Gasteiger partial charge in [-0.05, 0) is 173 Å². The molecule has 1 aliphatic carbocycles. The quantitative estimate of drug-likeness (QED) is 0.0565. The monoisotopic (exact) mass is 1270 g/mol. The molecule has 2 aromatic carbocycles. The van der Waals surface area contributed by atoms with Gasteiger partial charge < -0.3 is 53.0 Å². The predicted molar refractivity (Wildman–Crippen MR) is 328 cm³/mol. The lowest BCUT2D eigenvalue weighted by Crippen LogP contribution is -2.54. The predicted octanol–water partition coefficient (Wildman–Crippen LogP) is 9.01. The Bertz CT molecular complexity index is 2780. The van der Waals surface area contributed by atoms with Crippen LogP contribution in [0.1, 0.15) is 181 Å². The Hall–Kier alpha value is -6.75. The van der Waals surface area contributed by atoms with E-state index in [1.54, 1.807) is 34.6 Å². The topological polar surface area (TPSA) is 251 Å². The lowest BCUT2D eigenvalue weighted by atomic mass is 9.90. The van der Waals surface area contributed by atoms with Gasteiger partial charge in [0.15, 0.2) is 24.4 Å². The van der Waals surface area contributed by atoms with E-state index < -0.39 is 132 Å². The summed E-state index contributed by atoms with van der Waals surface area (Å²) in [4.78, 5) is 130. The summed E-state index contributed by atoms with van der Waals surface area (Å²) in [5.41, 5.74) is -2.69. The van der Waals surface area contributed by atoms with E-state index in [9.17, 15) is 43.5 Å². The first kappa shape index (κ1) is 74.0. The maximum atomic E-state index is 15.8. The van der Waals surface area contributed by atoms with Gasteiger partial charge in [-0.3, -0.25) is 19.3 Å². The molecule has 502 valence electrons. The van der Waals surface area contributed by atoms with Gasteiger partial charge in [-0.2, -0.15) is 0 Å². The summed E-state index contributed by atoms with van der Waals surface area (Å²) in [6.45, 7) is 18.4. The number of aryl methyl sites for hydroxylation is 2. The molecular weight excluding hydrogens is 1170 g/mol. The number of ether oxygens (including phenoxy) is 7. The average Bonchev–Trinajstić information content (AvgIpc) is 1.64. The van der Waals surface area contributed by atoms with Crippen molar-refractivity contribution in [3.8, 4) is 0 Å². The number of alkyl halides is 2. The van der Waals surface area contributed by atoms with Gasteiger partial charge in [0.05, 0.1) is 0 Å². The molecule has 0 bridgehead atoms. The number of benzene rings is 2. The molecule has 1 N–H and O–H groups in total. The van der Waals surface area contributed by atoms with Crippen LogP contribution in [0, 0.1) is 5.92 Å². The van der Waals surface area contributed by atoms with Gasteiger partial charge in [0.25, 0.3) is 17.7 Å². The molecule has 1 saturated carbocycles. The van der Waals surface area contributed by atoms with Crippen molar-refractivity contribution in [3.63, 3.8) is 0 Å². The van der Waals surface area contributed by atoms with Crippen LogP contribution in [0.2, 0.25) is 0 Å². The van der Waals surface area contributed by atoms with E-state index in [2.05, 4.69) is 0 Å². The second-order valence-electron chi connectivity index (χ2n) is 27.1. The van der Waals surface area contributed by atoms with Crippen LogP contribution in [-0.2, 0) is 84.4 Å². The number of rotatable bonds is 30. The first-order valence-corrected chi connectivity index (χ1v) is 31.4. The average molecular weight is 1270 g/mol. The lowest BCUT2D eigenvalue weighted by molar-refractivity contribution is -0.175. The van der Waals surface area contributed by atoms with Gasteiger partial charge in [0.1, 0.15) is 40.6 Å². The highest BCUT2D eigenvalue weighted by Gasteiger charge is 2.58. The first-order valence-electron chi connectivity index (χ1n) is 31.4. The van der Waals surface area contributed by atoms with Crippen LogP contribution < -0.4 is 0 Å². The molecule has 4 amide bonds. The summed E-state index contributed by atoms with van der Waals surface area (Å²) in [6.07, 6.45) is -4.67. The van der Waals surface area contributed by atoms with Crippen molar-refractivity contribution >= 4 is 53.7 Å². The number of aliphatic carboxylic acids is 1. The smallest absolute Gasteiger partial charge is 0.410 e. The maximum Gasteiger partial charge on any atom is 0.410 e. The van der Waals surface area contributed by atoms with Crippen LogP contribution in [-0.4, -0.2) is 198 Å². The summed E-state index contributed by atoms with van der Waals surface area (Å²) in [5.74, 6) is -8.28. The molecule has 0 spiro atoms. The fraction of sp³-hybridized carbons (Fsp3) is 0.687. The van der Waals surface area contributed by atoms with E-state index in [-0.39, 0.29) is 56.8 Å². The molecule has 23 heteroatoms. The number of nitrogens with zero attached hydrogens (tertiary/aromatic N) is 4. The van der Waals surface area contributed by atoms with Crippen molar-refractivity contribution in [1.29, 1.82) is 0 Å². The molecule has 2 heterocycles. The van der Waals surface area contributed by atoms with E-state index in [4.69, 9.17) is 33.2 Å². The van der Waals surface area contributed by atoms with E-state index in [0.717, 1.165) is 67.5 Å². The van der Waals surface area contributed by atoms with Crippen LogP contribution in [0.5, 0.6) is 0 Å². The summed E-state index contributed by atoms with van der Waals surface area (Å²) in [6, 6.07) is 10.7. The lowest BCUT2D eigenvalue weighted by Gasteiger charge is -2.35. The number of carboxylic acids is 1. The third-order valence-electron chi connectivity index (χ3n) is 16.8. The third kappa shape index (κ3) is 21.7. The highest BCUT2D eigenvalue weighted by Crippen LogP contribution is 2.43. The van der Waals surface area contributed by atoms with Crippen molar-refractivity contribution < 1.29 is 90.2 Å². The second-order valence-corrected chi connectivity index (χ2v) is 27.1. The zero-order valence-electron chi connectivity index (χ0n) is 55.4. The van der Waals surface area contributed by atoms with E-state index >= 15 is 13.6 Å². The third-order valence-corrected chi connectivity index (χ3v) is 16.8. The minimum Gasteiger partial charge on any atom is -0.479 e. The molecule has 0 radical (unpaired) electrons. The molecule has 21 nitrogen and oxygen atoms in total. The van der Waals surface area contributed by atoms with Crippen LogP contribution in [0.15, 0.2) is 48.5 Å². The van der Waals surface area contributed by atoms with Crippen molar-refractivity contribution in [2.45, 2.75) is 236 Å². The number of halogens is 2. The molecule has 0 unspecified atom stereocenters. The van der Waals surface area contributed by atoms with Gasteiger partial charge in [-0.1, -0.05) is 62.4 Å². The highest BCUT2D eigenvalue weighted by molar-refractivity contribution is 5.94. The molecule has 2 aliphatic heterocycles. The summed E-state index contributed by atoms with van der Waals surface area (Å²) in [5, 5.41) is 10.2. The number of carbonyl (C=O) groups is 9. The minimum absolute atomic E-state index is 0.0464. The fourth-order valence-corrected chi connectivity index (χ4v) is 11.2. The zero-order chi connectivity index (χ0) is 67.2. The maximum absolute atomic E-state index is 15.8. The summed E-state index contributed by atoms with van der Waals surface area (Å²) in [7, 11) is 5.05. The highest BCUT2D eigenvalue weighted by atomic mass is 19.1. The largest absolute Gasteiger partial charge is 0.479 e. The number of hydrogen-bond acceptors (Lipinski definition) is 16. The molecular formula is C67H98F2N4O17. The summed E-state index contributed by atoms with van der Waals surface area (Å²) >= 11 is 0. The van der Waals surface area contributed by atoms with Gasteiger partial charge in [-0.15, -0.1) is 0 Å². The molecule has 5 rings (SSSR count). The molecule has 3 aliphatic rings. The van der Waals surface area contributed by atoms with Crippen molar-refractivity contribution in [1.82, 2.24) is 19.6 Å². The molecule has 3 fully saturated rings. The van der Waals surface area contributed by atoms with E-state index in [0.29, 0.717) is 32.3 Å². The molecule has 7 atom stereocenters. The second kappa shape index (κ2) is 32.0. The van der Waals surface area contributed by atoms with E-state index in [1.165, 1.54) is 69.7 Å². The van der Waals surface area contributed by atoms with Gasteiger partial charge >= 0.3 is 35.9 Å². The first-order chi connectivity index (χ1) is 41.9. The molecule has 2 aromatic rings. The number of esters is 4. The molecule has 90 heavy (non-hydrogen) atoms. The molecule has 2 saturated heterocycles. The van der Waals surface area contributed by atoms with Gasteiger partial charge in [0, 0.05) is 67.5 Å². The Kier molecular flexibility index (Phi) is 26.3. The van der Waals surface area contributed by atoms with Gasteiger partial charge in [-0.25, -0.2) is 37.5 Å². The Labute approximate surface area is 529 Å². The Balaban J connectivity index is 1.36.